The Hall–Kier alpha value is -1.17. The van der Waals surface area contributed by atoms with E-state index in [1.54, 1.807) is 11.3 Å². The predicted molar refractivity (Wildman–Crippen MR) is 93.9 cm³/mol. The Labute approximate surface area is 139 Å². The number of thiazole rings is 1. The molecule has 5 heteroatoms. The number of carbonyl (C=O) groups excluding carboxylic acids is 1. The van der Waals surface area contributed by atoms with Crippen LogP contribution in [0.2, 0.25) is 0 Å². The van der Waals surface area contributed by atoms with Gasteiger partial charge in [-0.15, -0.1) is 11.3 Å². The van der Waals surface area contributed by atoms with Crippen LogP contribution in [-0.2, 0) is 0 Å². The molecule has 1 aromatic heterocycles. The number of thioether (sulfide) groups is 1. The minimum atomic E-state index is 0.233. The molecule has 0 amide bonds. The summed E-state index contributed by atoms with van der Waals surface area (Å²) in [5.41, 5.74) is 2.01. The topological polar surface area (TPSA) is 33.2 Å². The van der Waals surface area contributed by atoms with Gasteiger partial charge in [0, 0.05) is 48.2 Å². The summed E-state index contributed by atoms with van der Waals surface area (Å²) in [5, 5.41) is 3.21. The van der Waals surface area contributed by atoms with Crippen molar-refractivity contribution in [3.63, 3.8) is 0 Å². The maximum Gasteiger partial charge on any atom is 0.164 e. The number of aromatic nitrogens is 1. The van der Waals surface area contributed by atoms with Crippen LogP contribution in [0.4, 0.5) is 0 Å². The van der Waals surface area contributed by atoms with Crippen molar-refractivity contribution in [1.82, 2.24) is 9.88 Å². The molecular weight excluding hydrogens is 312 g/mol. The molecule has 22 heavy (non-hydrogen) atoms. The smallest absolute Gasteiger partial charge is 0.164 e. The van der Waals surface area contributed by atoms with E-state index in [0.717, 1.165) is 30.2 Å². The largest absolute Gasteiger partial charge is 0.294 e. The third-order valence-electron chi connectivity index (χ3n) is 3.98. The van der Waals surface area contributed by atoms with Crippen LogP contribution in [0.25, 0.3) is 0 Å². The quantitative estimate of drug-likeness (QED) is 0.780. The van der Waals surface area contributed by atoms with Crippen molar-refractivity contribution in [3.05, 3.63) is 52.0 Å². The molecule has 3 nitrogen and oxygen atoms in total. The second kappa shape index (κ2) is 7.40. The Morgan fingerprint density at radius 2 is 2.18 bits per heavy atom. The molecule has 1 aromatic carbocycles. The summed E-state index contributed by atoms with van der Waals surface area (Å²) in [4.78, 5) is 19.2. The monoisotopic (exact) mass is 332 g/mol. The molecule has 2 heterocycles. The highest BCUT2D eigenvalue weighted by molar-refractivity contribution is 7.99. The van der Waals surface area contributed by atoms with Gasteiger partial charge in [-0.3, -0.25) is 9.69 Å². The van der Waals surface area contributed by atoms with E-state index in [1.807, 2.05) is 54.5 Å². The molecule has 116 valence electrons. The lowest BCUT2D eigenvalue weighted by Crippen LogP contribution is -2.37. The number of ketones is 1. The summed E-state index contributed by atoms with van der Waals surface area (Å²) in [6.45, 7) is 3.89. The number of Topliss-reactive ketones (excluding diaryl/α,β-unsaturated/α-hetero) is 1. The van der Waals surface area contributed by atoms with Crippen LogP contribution < -0.4 is 0 Å². The molecule has 0 aliphatic carbocycles. The van der Waals surface area contributed by atoms with Crippen molar-refractivity contribution in [2.45, 2.75) is 19.4 Å². The van der Waals surface area contributed by atoms with E-state index in [2.05, 4.69) is 9.88 Å². The number of benzene rings is 1. The van der Waals surface area contributed by atoms with Gasteiger partial charge in [-0.05, 0) is 6.92 Å². The van der Waals surface area contributed by atoms with E-state index >= 15 is 0 Å². The summed E-state index contributed by atoms with van der Waals surface area (Å²) < 4.78 is 0. The van der Waals surface area contributed by atoms with Crippen molar-refractivity contribution in [1.29, 1.82) is 0 Å². The van der Waals surface area contributed by atoms with Gasteiger partial charge in [-0.1, -0.05) is 29.8 Å². The second-order valence-corrected chi connectivity index (χ2v) is 7.61. The third-order valence-corrected chi connectivity index (χ3v) is 5.87. The van der Waals surface area contributed by atoms with E-state index in [4.69, 9.17) is 0 Å². The van der Waals surface area contributed by atoms with E-state index in [0.29, 0.717) is 12.5 Å². The zero-order valence-corrected chi connectivity index (χ0v) is 14.3. The Bertz CT molecular complexity index is 610. The van der Waals surface area contributed by atoms with Gasteiger partial charge in [0.25, 0.3) is 0 Å². The van der Waals surface area contributed by atoms with Crippen LogP contribution in [0.1, 0.15) is 33.4 Å². The molecule has 1 atom stereocenters. The highest BCUT2D eigenvalue weighted by atomic mass is 32.2. The standard InChI is InChI=1S/C17H20N2OS2/c1-13-2-4-14(5-3-13)16(20)6-8-19-9-11-21-12-15(19)17-18-7-10-22-17/h2-5,7,10,15H,6,8-9,11-12H2,1H3. The Kier molecular flexibility index (Phi) is 5.28. The van der Waals surface area contributed by atoms with Gasteiger partial charge in [0.05, 0.1) is 6.04 Å². The average molecular weight is 332 g/mol. The molecule has 3 rings (SSSR count). The lowest BCUT2D eigenvalue weighted by molar-refractivity contribution is 0.0954. The molecule has 1 fully saturated rings. The molecule has 0 N–H and O–H groups in total. The fourth-order valence-corrected chi connectivity index (χ4v) is 4.66. The van der Waals surface area contributed by atoms with Crippen LogP contribution in [0, 0.1) is 6.92 Å². The van der Waals surface area contributed by atoms with Gasteiger partial charge in [0.15, 0.2) is 5.78 Å². The van der Waals surface area contributed by atoms with Crippen LogP contribution in [-0.4, -0.2) is 40.3 Å². The van der Waals surface area contributed by atoms with E-state index < -0.39 is 0 Å². The molecule has 0 bridgehead atoms. The van der Waals surface area contributed by atoms with Crippen molar-refractivity contribution in [3.8, 4) is 0 Å². The van der Waals surface area contributed by atoms with E-state index in [-0.39, 0.29) is 5.78 Å². The first-order chi connectivity index (χ1) is 10.7. The number of aryl methyl sites for hydroxylation is 1. The van der Waals surface area contributed by atoms with E-state index in [9.17, 15) is 4.79 Å². The zero-order valence-electron chi connectivity index (χ0n) is 12.7. The molecule has 2 aromatic rings. The van der Waals surface area contributed by atoms with Crippen molar-refractivity contribution in [2.24, 2.45) is 0 Å². The maximum absolute atomic E-state index is 12.3. The fourth-order valence-electron chi connectivity index (χ4n) is 2.66. The van der Waals surface area contributed by atoms with Crippen molar-refractivity contribution < 1.29 is 4.79 Å². The summed E-state index contributed by atoms with van der Waals surface area (Å²) >= 11 is 3.69. The summed E-state index contributed by atoms with van der Waals surface area (Å²) in [6, 6.07) is 8.24. The van der Waals surface area contributed by atoms with Gasteiger partial charge in [0.2, 0.25) is 0 Å². The highest BCUT2D eigenvalue weighted by Crippen LogP contribution is 2.30. The zero-order chi connectivity index (χ0) is 15.4. The first kappa shape index (κ1) is 15.7. The van der Waals surface area contributed by atoms with Crippen molar-refractivity contribution in [2.75, 3.05) is 24.6 Å². The van der Waals surface area contributed by atoms with Crippen LogP contribution in [0.5, 0.6) is 0 Å². The molecule has 0 radical (unpaired) electrons. The molecule has 0 saturated carbocycles. The minimum absolute atomic E-state index is 0.233. The Morgan fingerprint density at radius 1 is 1.36 bits per heavy atom. The fraction of sp³-hybridized carbons (Fsp3) is 0.412. The first-order valence-electron chi connectivity index (χ1n) is 7.55. The van der Waals surface area contributed by atoms with Crippen LogP contribution in [0.3, 0.4) is 0 Å². The number of carbonyl (C=O) groups is 1. The van der Waals surface area contributed by atoms with Crippen molar-refractivity contribution >= 4 is 28.9 Å². The molecule has 1 saturated heterocycles. The number of hydrogen-bond acceptors (Lipinski definition) is 5. The Morgan fingerprint density at radius 3 is 2.91 bits per heavy atom. The molecule has 0 spiro atoms. The highest BCUT2D eigenvalue weighted by Gasteiger charge is 2.26. The third kappa shape index (κ3) is 3.77. The van der Waals surface area contributed by atoms with Gasteiger partial charge < -0.3 is 0 Å². The van der Waals surface area contributed by atoms with E-state index in [1.165, 1.54) is 10.6 Å². The average Bonchev–Trinajstić information content (AvgIpc) is 3.08. The lowest BCUT2D eigenvalue weighted by atomic mass is 10.1. The first-order valence-corrected chi connectivity index (χ1v) is 9.58. The predicted octanol–water partition coefficient (Wildman–Crippen LogP) is 3.81. The molecular formula is C17H20N2OS2. The van der Waals surface area contributed by atoms with Gasteiger partial charge in [0.1, 0.15) is 5.01 Å². The molecule has 1 unspecified atom stereocenters. The van der Waals surface area contributed by atoms with Crippen LogP contribution in [0.15, 0.2) is 35.8 Å². The lowest BCUT2D eigenvalue weighted by Gasteiger charge is -2.33. The van der Waals surface area contributed by atoms with Gasteiger partial charge in [-0.2, -0.15) is 11.8 Å². The SMILES string of the molecule is Cc1ccc(C(=O)CCN2CCSCC2c2nccs2)cc1. The molecule has 1 aliphatic heterocycles. The summed E-state index contributed by atoms with van der Waals surface area (Å²) in [7, 11) is 0. The van der Waals surface area contributed by atoms with Crippen LogP contribution >= 0.6 is 23.1 Å². The Balaban J connectivity index is 1.61. The van der Waals surface area contributed by atoms with Gasteiger partial charge in [-0.25, -0.2) is 4.98 Å². The number of hydrogen-bond donors (Lipinski definition) is 0. The summed E-state index contributed by atoms with van der Waals surface area (Å²) in [6.07, 6.45) is 2.45. The maximum atomic E-state index is 12.3. The van der Waals surface area contributed by atoms with Gasteiger partial charge >= 0.3 is 0 Å². The summed E-state index contributed by atoms with van der Waals surface area (Å²) in [5.74, 6) is 2.45. The molecule has 1 aliphatic rings. The second-order valence-electron chi connectivity index (χ2n) is 5.54. The number of rotatable bonds is 5. The number of nitrogens with zero attached hydrogens (tertiary/aromatic N) is 2. The normalized spacial score (nSPS) is 19.2. The minimum Gasteiger partial charge on any atom is -0.294 e.